The Morgan fingerprint density at radius 2 is 1.73 bits per heavy atom. The summed E-state index contributed by atoms with van der Waals surface area (Å²) in [6, 6.07) is 8.39. The van der Waals surface area contributed by atoms with Gasteiger partial charge >= 0.3 is 18.2 Å². The molecular weight excluding hydrogens is 367 g/mol. The standard InChI is InChI=1S/C17H16F3N3O2S/c1-10-9-12(22-16(25)23(2)15(21)24)5-8-14(10)26-13-6-3-11(4-7-13)17(18,19)20/h3-9H,1-2H3,(H2,21,24)(H,22,25). The summed E-state index contributed by atoms with van der Waals surface area (Å²) in [6.07, 6.45) is -4.36. The summed E-state index contributed by atoms with van der Waals surface area (Å²) in [4.78, 5) is 24.9. The van der Waals surface area contributed by atoms with Crippen LogP contribution in [0.5, 0.6) is 0 Å². The van der Waals surface area contributed by atoms with E-state index in [2.05, 4.69) is 5.32 Å². The largest absolute Gasteiger partial charge is 0.416 e. The summed E-state index contributed by atoms with van der Waals surface area (Å²) in [5.41, 5.74) is 5.61. The number of rotatable bonds is 3. The molecule has 0 aromatic heterocycles. The molecule has 0 aliphatic heterocycles. The number of carbonyl (C=O) groups is 2. The van der Waals surface area contributed by atoms with Crippen LogP contribution in [0.15, 0.2) is 52.3 Å². The molecule has 4 amide bonds. The minimum Gasteiger partial charge on any atom is -0.351 e. The van der Waals surface area contributed by atoms with Gasteiger partial charge < -0.3 is 11.1 Å². The lowest BCUT2D eigenvalue weighted by molar-refractivity contribution is -0.137. The van der Waals surface area contributed by atoms with Crippen LogP contribution in [0, 0.1) is 6.92 Å². The van der Waals surface area contributed by atoms with Gasteiger partial charge in [-0.2, -0.15) is 13.2 Å². The summed E-state index contributed by atoms with van der Waals surface area (Å²) >= 11 is 1.31. The number of hydrogen-bond donors (Lipinski definition) is 2. The van der Waals surface area contributed by atoms with E-state index in [1.165, 1.54) is 30.9 Å². The molecule has 0 bridgehead atoms. The molecule has 0 fully saturated rings. The van der Waals surface area contributed by atoms with Crippen molar-refractivity contribution in [3.05, 3.63) is 53.6 Å². The second-order valence-corrected chi connectivity index (χ2v) is 6.55. The number of carbonyl (C=O) groups excluding carboxylic acids is 2. The van der Waals surface area contributed by atoms with Crippen LogP contribution >= 0.6 is 11.8 Å². The third kappa shape index (κ3) is 4.92. The Balaban J connectivity index is 2.10. The van der Waals surface area contributed by atoms with Crippen LogP contribution in [0.4, 0.5) is 28.4 Å². The van der Waals surface area contributed by atoms with Crippen molar-refractivity contribution in [2.45, 2.75) is 22.9 Å². The number of aryl methyl sites for hydroxylation is 1. The summed E-state index contributed by atoms with van der Waals surface area (Å²) in [6.45, 7) is 1.81. The number of amides is 4. The minimum atomic E-state index is -4.36. The molecule has 9 heteroatoms. The van der Waals surface area contributed by atoms with Crippen molar-refractivity contribution >= 4 is 29.5 Å². The highest BCUT2D eigenvalue weighted by molar-refractivity contribution is 7.99. The summed E-state index contributed by atoms with van der Waals surface area (Å²) in [5.74, 6) is 0. The van der Waals surface area contributed by atoms with Crippen LogP contribution in [0.3, 0.4) is 0 Å². The number of hydrogen-bond acceptors (Lipinski definition) is 3. The Morgan fingerprint density at radius 1 is 1.12 bits per heavy atom. The number of imide groups is 1. The quantitative estimate of drug-likeness (QED) is 0.806. The highest BCUT2D eigenvalue weighted by Crippen LogP contribution is 2.34. The van der Waals surface area contributed by atoms with E-state index in [1.807, 2.05) is 0 Å². The van der Waals surface area contributed by atoms with E-state index in [0.717, 1.165) is 27.5 Å². The maximum atomic E-state index is 12.6. The van der Waals surface area contributed by atoms with E-state index in [4.69, 9.17) is 5.73 Å². The van der Waals surface area contributed by atoms with Gasteiger partial charge in [0.25, 0.3) is 0 Å². The SMILES string of the molecule is Cc1cc(NC(=O)N(C)C(N)=O)ccc1Sc1ccc(C(F)(F)F)cc1. The first-order valence-corrected chi connectivity index (χ1v) is 8.19. The van der Waals surface area contributed by atoms with E-state index in [0.29, 0.717) is 10.6 Å². The zero-order valence-corrected chi connectivity index (χ0v) is 14.7. The smallest absolute Gasteiger partial charge is 0.351 e. The van der Waals surface area contributed by atoms with E-state index in [9.17, 15) is 22.8 Å². The lowest BCUT2D eigenvalue weighted by atomic mass is 10.2. The molecule has 5 nitrogen and oxygen atoms in total. The second-order valence-electron chi connectivity index (χ2n) is 5.43. The zero-order valence-electron chi connectivity index (χ0n) is 13.9. The summed E-state index contributed by atoms with van der Waals surface area (Å²) in [5, 5.41) is 2.53. The molecule has 0 aliphatic carbocycles. The Bertz CT molecular complexity index is 823. The molecule has 2 rings (SSSR count). The first-order valence-electron chi connectivity index (χ1n) is 7.38. The third-order valence-electron chi connectivity index (χ3n) is 3.47. The number of urea groups is 2. The van der Waals surface area contributed by atoms with Gasteiger partial charge in [0, 0.05) is 22.5 Å². The lowest BCUT2D eigenvalue weighted by Gasteiger charge is -2.14. The zero-order chi connectivity index (χ0) is 19.5. The maximum Gasteiger partial charge on any atom is 0.416 e. The van der Waals surface area contributed by atoms with Crippen LogP contribution in [-0.4, -0.2) is 24.0 Å². The average Bonchev–Trinajstić information content (AvgIpc) is 2.56. The fraction of sp³-hybridized carbons (Fsp3) is 0.176. The molecule has 0 radical (unpaired) electrons. The number of alkyl halides is 3. The number of nitrogens with one attached hydrogen (secondary N) is 1. The monoisotopic (exact) mass is 383 g/mol. The van der Waals surface area contributed by atoms with Gasteiger partial charge in [-0.05, 0) is 55.0 Å². The van der Waals surface area contributed by atoms with Gasteiger partial charge in [0.15, 0.2) is 0 Å². The van der Waals surface area contributed by atoms with Crippen LogP contribution < -0.4 is 11.1 Å². The third-order valence-corrected chi connectivity index (χ3v) is 4.66. The molecule has 0 spiro atoms. The Kier molecular flexibility index (Phi) is 5.81. The molecule has 0 atom stereocenters. The average molecular weight is 383 g/mol. The van der Waals surface area contributed by atoms with E-state index in [1.54, 1.807) is 25.1 Å². The highest BCUT2D eigenvalue weighted by atomic mass is 32.2. The topological polar surface area (TPSA) is 75.4 Å². The maximum absolute atomic E-state index is 12.6. The van der Waals surface area contributed by atoms with Crippen molar-refractivity contribution in [3.8, 4) is 0 Å². The molecule has 0 aliphatic rings. The van der Waals surface area contributed by atoms with Crippen molar-refractivity contribution in [2.24, 2.45) is 5.73 Å². The molecule has 0 unspecified atom stereocenters. The second kappa shape index (κ2) is 7.69. The van der Waals surface area contributed by atoms with Gasteiger partial charge in [-0.15, -0.1) is 0 Å². The molecule has 2 aromatic rings. The minimum absolute atomic E-state index is 0.470. The molecular formula is C17H16F3N3O2S. The normalized spacial score (nSPS) is 11.1. The van der Waals surface area contributed by atoms with E-state index in [-0.39, 0.29) is 0 Å². The van der Waals surface area contributed by atoms with E-state index >= 15 is 0 Å². The first-order chi connectivity index (χ1) is 12.1. The van der Waals surface area contributed by atoms with Crippen molar-refractivity contribution in [1.82, 2.24) is 4.90 Å². The highest BCUT2D eigenvalue weighted by Gasteiger charge is 2.29. The van der Waals surface area contributed by atoms with Crippen LogP contribution in [0.25, 0.3) is 0 Å². The number of nitrogens with two attached hydrogens (primary N) is 1. The Morgan fingerprint density at radius 3 is 2.23 bits per heavy atom. The number of primary amides is 1. The van der Waals surface area contributed by atoms with Gasteiger partial charge in [0.1, 0.15) is 0 Å². The molecule has 3 N–H and O–H groups in total. The number of halogens is 3. The van der Waals surface area contributed by atoms with Crippen molar-refractivity contribution in [3.63, 3.8) is 0 Å². The predicted molar refractivity (Wildman–Crippen MR) is 93.1 cm³/mol. The fourth-order valence-electron chi connectivity index (χ4n) is 1.99. The Labute approximate surface area is 152 Å². The van der Waals surface area contributed by atoms with Gasteiger partial charge in [0.2, 0.25) is 0 Å². The van der Waals surface area contributed by atoms with Gasteiger partial charge in [-0.25, -0.2) is 14.5 Å². The van der Waals surface area contributed by atoms with Crippen LogP contribution in [0.2, 0.25) is 0 Å². The van der Waals surface area contributed by atoms with Crippen molar-refractivity contribution < 1.29 is 22.8 Å². The lowest BCUT2D eigenvalue weighted by Crippen LogP contribution is -2.40. The van der Waals surface area contributed by atoms with Crippen LogP contribution in [-0.2, 0) is 6.18 Å². The summed E-state index contributed by atoms with van der Waals surface area (Å²) in [7, 11) is 1.25. The van der Waals surface area contributed by atoms with Gasteiger partial charge in [0.05, 0.1) is 5.56 Å². The predicted octanol–water partition coefficient (Wildman–Crippen LogP) is 4.71. The molecule has 0 saturated carbocycles. The van der Waals surface area contributed by atoms with Crippen LogP contribution in [0.1, 0.15) is 11.1 Å². The number of nitrogens with zero attached hydrogens (tertiary/aromatic N) is 1. The molecule has 138 valence electrons. The van der Waals surface area contributed by atoms with Gasteiger partial charge in [-0.1, -0.05) is 11.8 Å². The van der Waals surface area contributed by atoms with E-state index < -0.39 is 23.8 Å². The van der Waals surface area contributed by atoms with Crippen molar-refractivity contribution in [1.29, 1.82) is 0 Å². The first kappa shape index (κ1) is 19.6. The fourth-order valence-corrected chi connectivity index (χ4v) is 2.87. The Hall–Kier alpha value is -2.68. The molecule has 0 heterocycles. The number of benzene rings is 2. The molecule has 0 saturated heterocycles. The molecule has 26 heavy (non-hydrogen) atoms. The molecule has 2 aromatic carbocycles. The summed E-state index contributed by atoms with van der Waals surface area (Å²) < 4.78 is 37.8. The number of anilines is 1. The van der Waals surface area contributed by atoms with Gasteiger partial charge in [-0.3, -0.25) is 0 Å². The van der Waals surface area contributed by atoms with Crippen molar-refractivity contribution in [2.75, 3.05) is 12.4 Å².